The number of para-hydroxylation sites is 2. The van der Waals surface area contributed by atoms with Crippen molar-refractivity contribution in [3.63, 3.8) is 0 Å². The van der Waals surface area contributed by atoms with Gasteiger partial charge < -0.3 is 9.30 Å². The van der Waals surface area contributed by atoms with Crippen LogP contribution in [0.3, 0.4) is 0 Å². The Bertz CT molecular complexity index is 1580. The van der Waals surface area contributed by atoms with E-state index >= 15 is 0 Å². The van der Waals surface area contributed by atoms with Crippen LogP contribution in [-0.4, -0.2) is 15.5 Å². The van der Waals surface area contributed by atoms with Gasteiger partial charge in [0.2, 0.25) is 0 Å². The number of imidazole rings is 1. The maximum absolute atomic E-state index is 13.6. The summed E-state index contributed by atoms with van der Waals surface area (Å²) in [6.45, 7) is 0.510. The van der Waals surface area contributed by atoms with Crippen molar-refractivity contribution in [3.8, 4) is 0 Å². The van der Waals surface area contributed by atoms with Crippen LogP contribution in [0, 0.1) is 11.6 Å². The molecular weight excluding hydrogens is 526 g/mol. The highest BCUT2D eigenvalue weighted by Crippen LogP contribution is 2.26. The highest BCUT2D eigenvalue weighted by atomic mass is 79.9. The van der Waals surface area contributed by atoms with Crippen LogP contribution in [0.2, 0.25) is 0 Å². The Morgan fingerprint density at radius 3 is 2.14 bits per heavy atom. The fourth-order valence-electron chi connectivity index (χ4n) is 3.82. The van der Waals surface area contributed by atoms with E-state index in [2.05, 4.69) is 15.9 Å². The van der Waals surface area contributed by atoms with Crippen LogP contribution >= 0.6 is 15.9 Å². The molecule has 0 unspecified atom stereocenters. The lowest BCUT2D eigenvalue weighted by atomic mass is 10.1. The summed E-state index contributed by atoms with van der Waals surface area (Å²) in [5, 5.41) is 0. The van der Waals surface area contributed by atoms with E-state index in [1.54, 1.807) is 6.08 Å². The molecule has 0 aliphatic heterocycles. The van der Waals surface area contributed by atoms with Crippen LogP contribution in [0.1, 0.15) is 27.3 Å². The second kappa shape index (κ2) is 10.3. The van der Waals surface area contributed by atoms with Gasteiger partial charge in [-0.15, -0.1) is 0 Å². The molecule has 178 valence electrons. The van der Waals surface area contributed by atoms with Crippen molar-refractivity contribution < 1.29 is 18.3 Å². The van der Waals surface area contributed by atoms with Gasteiger partial charge in [-0.3, -0.25) is 0 Å². The normalized spacial score (nSPS) is 11.6. The van der Waals surface area contributed by atoms with Crippen molar-refractivity contribution in [1.82, 2.24) is 9.55 Å². The van der Waals surface area contributed by atoms with Gasteiger partial charge in [-0.25, -0.2) is 18.6 Å². The summed E-state index contributed by atoms with van der Waals surface area (Å²) in [5.74, 6) is -0.795. The Morgan fingerprint density at radius 1 is 0.833 bits per heavy atom. The number of fused-ring (bicyclic) bond motifs is 1. The fourth-order valence-corrected chi connectivity index (χ4v) is 4.23. The predicted molar refractivity (Wildman–Crippen MR) is 139 cm³/mol. The number of hydrogen-bond donors (Lipinski definition) is 0. The molecule has 0 saturated heterocycles. The van der Waals surface area contributed by atoms with Gasteiger partial charge in [-0.05, 0) is 72.3 Å². The fraction of sp³-hybridized carbons (Fsp3) is 0.0345. The first-order chi connectivity index (χ1) is 17.5. The average Bonchev–Trinajstić information content (AvgIpc) is 3.22. The average molecular weight is 545 g/mol. The number of halogens is 3. The molecule has 0 aliphatic carbocycles. The van der Waals surface area contributed by atoms with Crippen LogP contribution < -0.4 is 0 Å². The first-order valence-corrected chi connectivity index (χ1v) is 11.9. The summed E-state index contributed by atoms with van der Waals surface area (Å²) < 4.78 is 35.7. The molecule has 4 aromatic carbocycles. The van der Waals surface area contributed by atoms with E-state index in [0.717, 1.165) is 21.1 Å². The second-order valence-electron chi connectivity index (χ2n) is 8.05. The molecule has 0 saturated carbocycles. The molecule has 0 N–H and O–H groups in total. The lowest BCUT2D eigenvalue weighted by Gasteiger charge is -2.12. The molecule has 0 radical (unpaired) electrons. The Hall–Kier alpha value is -4.10. The Labute approximate surface area is 214 Å². The summed E-state index contributed by atoms with van der Waals surface area (Å²) in [6.07, 6.45) is 1.66. The molecule has 5 aromatic rings. The standard InChI is InChI=1S/C29H19BrF2N2O2/c30-24-6-2-1-5-21(24)18-34-26-8-4-3-7-25(26)33-28(34)17-27(19-9-13-22(31)14-10-19)36-29(35)20-11-15-23(32)16-12-20/h1-17H,18H2. The Morgan fingerprint density at radius 2 is 1.44 bits per heavy atom. The molecule has 7 heteroatoms. The summed E-state index contributed by atoms with van der Waals surface area (Å²) in [4.78, 5) is 17.7. The number of carbonyl (C=O) groups is 1. The van der Waals surface area contributed by atoms with Gasteiger partial charge in [-0.1, -0.05) is 46.3 Å². The minimum absolute atomic E-state index is 0.186. The number of ether oxygens (including phenoxy) is 1. The van der Waals surface area contributed by atoms with E-state index in [1.807, 2.05) is 53.1 Å². The number of hydrogen-bond acceptors (Lipinski definition) is 3. The van der Waals surface area contributed by atoms with Crippen molar-refractivity contribution in [1.29, 1.82) is 0 Å². The van der Waals surface area contributed by atoms with Gasteiger partial charge in [0, 0.05) is 16.1 Å². The zero-order chi connectivity index (χ0) is 25.1. The van der Waals surface area contributed by atoms with Crippen molar-refractivity contribution in [2.45, 2.75) is 6.54 Å². The highest BCUT2D eigenvalue weighted by molar-refractivity contribution is 9.10. The van der Waals surface area contributed by atoms with Gasteiger partial charge in [0.25, 0.3) is 0 Å². The number of rotatable bonds is 6. The third kappa shape index (κ3) is 5.11. The van der Waals surface area contributed by atoms with Crippen LogP contribution in [0.4, 0.5) is 8.78 Å². The number of benzene rings is 4. The molecule has 1 aromatic heterocycles. The minimum Gasteiger partial charge on any atom is -0.422 e. The highest BCUT2D eigenvalue weighted by Gasteiger charge is 2.17. The third-order valence-corrected chi connectivity index (χ3v) is 6.42. The Kier molecular flexibility index (Phi) is 6.73. The van der Waals surface area contributed by atoms with Crippen LogP contribution in [0.15, 0.2) is 102 Å². The van der Waals surface area contributed by atoms with E-state index < -0.39 is 17.6 Å². The first-order valence-electron chi connectivity index (χ1n) is 11.1. The zero-order valence-corrected chi connectivity index (χ0v) is 20.5. The third-order valence-electron chi connectivity index (χ3n) is 5.64. The van der Waals surface area contributed by atoms with Gasteiger partial charge in [-0.2, -0.15) is 0 Å². The van der Waals surface area contributed by atoms with Gasteiger partial charge >= 0.3 is 5.97 Å². The molecule has 0 atom stereocenters. The zero-order valence-electron chi connectivity index (χ0n) is 18.9. The van der Waals surface area contributed by atoms with Crippen molar-refractivity contribution in [3.05, 3.63) is 136 Å². The number of esters is 1. The molecule has 0 aliphatic rings. The second-order valence-corrected chi connectivity index (χ2v) is 8.90. The van der Waals surface area contributed by atoms with Crippen LogP contribution in [0.5, 0.6) is 0 Å². The summed E-state index contributed by atoms with van der Waals surface area (Å²) in [6, 6.07) is 26.3. The first kappa shape index (κ1) is 23.6. The molecule has 1 heterocycles. The van der Waals surface area contributed by atoms with Gasteiger partial charge in [0.1, 0.15) is 23.2 Å². The largest absolute Gasteiger partial charge is 0.422 e. The number of nitrogens with zero attached hydrogens (tertiary/aromatic N) is 2. The Balaban J connectivity index is 1.61. The molecule has 0 spiro atoms. The molecule has 0 amide bonds. The lowest BCUT2D eigenvalue weighted by Crippen LogP contribution is -2.07. The topological polar surface area (TPSA) is 44.1 Å². The van der Waals surface area contributed by atoms with E-state index in [9.17, 15) is 13.6 Å². The number of carbonyl (C=O) groups excluding carboxylic acids is 1. The van der Waals surface area contributed by atoms with Gasteiger partial charge in [0.05, 0.1) is 23.1 Å². The molecule has 5 rings (SSSR count). The minimum atomic E-state index is -0.668. The van der Waals surface area contributed by atoms with Crippen molar-refractivity contribution in [2.24, 2.45) is 0 Å². The molecule has 0 fully saturated rings. The van der Waals surface area contributed by atoms with Crippen LogP contribution in [0.25, 0.3) is 22.9 Å². The smallest absolute Gasteiger partial charge is 0.343 e. The molecule has 0 bridgehead atoms. The lowest BCUT2D eigenvalue weighted by molar-refractivity contribution is 0.0693. The number of aromatic nitrogens is 2. The quantitative estimate of drug-likeness (QED) is 0.164. The van der Waals surface area contributed by atoms with E-state index in [4.69, 9.17) is 9.72 Å². The molecule has 4 nitrogen and oxygen atoms in total. The summed E-state index contributed by atoms with van der Waals surface area (Å²) >= 11 is 3.61. The van der Waals surface area contributed by atoms with Gasteiger partial charge in [0.15, 0.2) is 0 Å². The van der Waals surface area contributed by atoms with Crippen molar-refractivity contribution in [2.75, 3.05) is 0 Å². The summed E-state index contributed by atoms with van der Waals surface area (Å²) in [5.41, 5.74) is 3.40. The predicted octanol–water partition coefficient (Wildman–Crippen LogP) is 7.48. The van der Waals surface area contributed by atoms with E-state index in [0.29, 0.717) is 17.9 Å². The monoisotopic (exact) mass is 544 g/mol. The summed E-state index contributed by atoms with van der Waals surface area (Å²) in [7, 11) is 0. The maximum Gasteiger partial charge on any atom is 0.343 e. The molecule has 36 heavy (non-hydrogen) atoms. The van der Waals surface area contributed by atoms with Crippen LogP contribution in [-0.2, 0) is 11.3 Å². The maximum atomic E-state index is 13.6. The SMILES string of the molecule is O=C(OC(=Cc1nc2ccccc2n1Cc1ccccc1Br)c1ccc(F)cc1)c1ccc(F)cc1. The van der Waals surface area contributed by atoms with Crippen molar-refractivity contribution >= 4 is 44.8 Å². The van der Waals surface area contributed by atoms with E-state index in [1.165, 1.54) is 48.5 Å². The van der Waals surface area contributed by atoms with E-state index in [-0.39, 0.29) is 11.3 Å². The molecular formula is C29H19BrF2N2O2.